The summed E-state index contributed by atoms with van der Waals surface area (Å²) >= 11 is 0. The maximum Gasteiger partial charge on any atom is 0.261 e. The molecule has 3 atom stereocenters. The molecule has 1 saturated heterocycles. The van der Waals surface area contributed by atoms with E-state index in [0.717, 1.165) is 42.6 Å². The van der Waals surface area contributed by atoms with E-state index in [-0.39, 0.29) is 35.7 Å². The third-order valence-electron chi connectivity index (χ3n) is 6.78. The second-order valence-corrected chi connectivity index (χ2v) is 9.65. The molecule has 4 rings (SSSR count). The van der Waals surface area contributed by atoms with Crippen LogP contribution in [0.25, 0.3) is 0 Å². The fraction of sp³-hybridized carbons (Fsp3) is 0.500. The van der Waals surface area contributed by atoms with Gasteiger partial charge < -0.3 is 19.7 Å². The lowest BCUT2D eigenvalue weighted by atomic mass is 9.87. The van der Waals surface area contributed by atoms with Gasteiger partial charge in [-0.3, -0.25) is 9.59 Å². The molecule has 0 saturated carbocycles. The molecule has 2 aromatic rings. The normalized spacial score (nSPS) is 20.4. The highest BCUT2D eigenvalue weighted by molar-refractivity contribution is 5.81. The van der Waals surface area contributed by atoms with E-state index in [9.17, 15) is 14.0 Å². The van der Waals surface area contributed by atoms with Crippen LogP contribution in [0.4, 0.5) is 4.39 Å². The predicted octanol–water partition coefficient (Wildman–Crippen LogP) is 4.41. The van der Waals surface area contributed by atoms with Crippen LogP contribution >= 0.6 is 0 Å². The number of hydrogen-bond acceptors (Lipinski definition) is 4. The van der Waals surface area contributed by atoms with Crippen LogP contribution in [0.15, 0.2) is 42.5 Å². The minimum absolute atomic E-state index is 0.0521. The van der Waals surface area contributed by atoms with Crippen LogP contribution in [0.2, 0.25) is 0 Å². The van der Waals surface area contributed by atoms with Crippen molar-refractivity contribution >= 4 is 11.8 Å². The van der Waals surface area contributed by atoms with Crippen LogP contribution in [0.3, 0.4) is 0 Å². The first-order valence-electron chi connectivity index (χ1n) is 12.6. The minimum Gasteiger partial charge on any atom is -0.481 e. The molecule has 2 aliphatic rings. The van der Waals surface area contributed by atoms with E-state index in [1.54, 1.807) is 12.1 Å². The first kappa shape index (κ1) is 25.2. The highest BCUT2D eigenvalue weighted by atomic mass is 19.1. The summed E-state index contributed by atoms with van der Waals surface area (Å²) in [6, 6.07) is 11.8. The number of halogens is 1. The Bertz CT molecular complexity index is 1030. The number of fused-ring (bicyclic) bond motifs is 1. The third kappa shape index (κ3) is 5.84. The van der Waals surface area contributed by atoms with E-state index < -0.39 is 6.10 Å². The SMILES string of the molecule is CC[C@H](Oc1ccc2c(c1)[C@H](c1ccc(F)cc1)N(C(=O)C(C)C)CC2)C(=O)NC[C@H]1CCCO1. The summed E-state index contributed by atoms with van der Waals surface area (Å²) in [4.78, 5) is 27.7. The molecule has 2 amide bonds. The molecule has 0 aromatic heterocycles. The van der Waals surface area contributed by atoms with Gasteiger partial charge in [-0.1, -0.05) is 39.0 Å². The van der Waals surface area contributed by atoms with Crippen molar-refractivity contribution in [3.8, 4) is 5.75 Å². The summed E-state index contributed by atoms with van der Waals surface area (Å²) in [5, 5.41) is 2.96. The van der Waals surface area contributed by atoms with Crippen molar-refractivity contribution in [3.63, 3.8) is 0 Å². The first-order valence-corrected chi connectivity index (χ1v) is 12.6. The molecule has 7 heteroatoms. The Hall–Kier alpha value is -2.93. The monoisotopic (exact) mass is 482 g/mol. The predicted molar refractivity (Wildman–Crippen MR) is 132 cm³/mol. The van der Waals surface area contributed by atoms with Crippen molar-refractivity contribution in [3.05, 3.63) is 65.0 Å². The third-order valence-corrected chi connectivity index (χ3v) is 6.78. The van der Waals surface area contributed by atoms with E-state index in [2.05, 4.69) is 5.32 Å². The zero-order valence-electron chi connectivity index (χ0n) is 20.8. The average Bonchev–Trinajstić information content (AvgIpc) is 3.39. The Morgan fingerprint density at radius 3 is 2.63 bits per heavy atom. The van der Waals surface area contributed by atoms with E-state index in [0.29, 0.717) is 25.3 Å². The second-order valence-electron chi connectivity index (χ2n) is 9.65. The molecule has 2 aliphatic heterocycles. The topological polar surface area (TPSA) is 67.9 Å². The smallest absolute Gasteiger partial charge is 0.261 e. The van der Waals surface area contributed by atoms with Gasteiger partial charge in [-0.15, -0.1) is 0 Å². The van der Waals surface area contributed by atoms with E-state index >= 15 is 0 Å². The van der Waals surface area contributed by atoms with Gasteiger partial charge in [0.1, 0.15) is 11.6 Å². The number of amides is 2. The Balaban J connectivity index is 1.58. The highest BCUT2D eigenvalue weighted by Gasteiger charge is 2.33. The van der Waals surface area contributed by atoms with E-state index in [1.165, 1.54) is 12.1 Å². The number of hydrogen-bond donors (Lipinski definition) is 1. The van der Waals surface area contributed by atoms with Crippen LogP contribution in [0, 0.1) is 11.7 Å². The van der Waals surface area contributed by atoms with Gasteiger partial charge in [-0.05, 0) is 66.6 Å². The molecule has 188 valence electrons. The zero-order valence-corrected chi connectivity index (χ0v) is 20.8. The summed E-state index contributed by atoms with van der Waals surface area (Å²) in [6.45, 7) is 7.52. The standard InChI is InChI=1S/C28H35FN2O4/c1-4-25(27(32)30-17-23-6-5-15-34-23)35-22-12-9-19-13-14-31(28(33)18(2)3)26(24(19)16-22)20-7-10-21(29)11-8-20/h7-12,16,18,23,25-26H,4-6,13-15,17H2,1-3H3,(H,30,32)/t23-,25+,26+/m1/s1. The van der Waals surface area contributed by atoms with Gasteiger partial charge >= 0.3 is 0 Å². The van der Waals surface area contributed by atoms with E-state index in [4.69, 9.17) is 9.47 Å². The van der Waals surface area contributed by atoms with Gasteiger partial charge in [0.25, 0.3) is 5.91 Å². The molecule has 0 spiro atoms. The fourth-order valence-electron chi connectivity index (χ4n) is 4.86. The number of carbonyl (C=O) groups is 2. The van der Waals surface area contributed by atoms with Crippen molar-refractivity contribution in [1.82, 2.24) is 10.2 Å². The molecule has 2 heterocycles. The van der Waals surface area contributed by atoms with Crippen LogP contribution in [0.1, 0.15) is 62.8 Å². The van der Waals surface area contributed by atoms with Crippen LogP contribution in [0.5, 0.6) is 5.75 Å². The first-order chi connectivity index (χ1) is 16.9. The summed E-state index contributed by atoms with van der Waals surface area (Å²) < 4.78 is 25.4. The minimum atomic E-state index is -0.629. The number of nitrogens with one attached hydrogen (secondary N) is 1. The fourth-order valence-corrected chi connectivity index (χ4v) is 4.86. The Morgan fingerprint density at radius 2 is 1.97 bits per heavy atom. The summed E-state index contributed by atoms with van der Waals surface area (Å²) in [7, 11) is 0. The van der Waals surface area contributed by atoms with Crippen LogP contribution in [-0.4, -0.2) is 48.6 Å². The Kier molecular flexibility index (Phi) is 8.06. The maximum absolute atomic E-state index is 13.7. The van der Waals surface area contributed by atoms with Crippen LogP contribution < -0.4 is 10.1 Å². The van der Waals surface area contributed by atoms with Crippen molar-refractivity contribution in [1.29, 1.82) is 0 Å². The molecule has 1 fully saturated rings. The highest BCUT2D eigenvalue weighted by Crippen LogP contribution is 2.38. The average molecular weight is 483 g/mol. The van der Waals surface area contributed by atoms with Gasteiger partial charge in [-0.25, -0.2) is 4.39 Å². The Labute approximate surface area is 206 Å². The number of benzene rings is 2. The molecular formula is C28H35FN2O4. The lowest BCUT2D eigenvalue weighted by molar-refractivity contribution is -0.136. The van der Waals surface area contributed by atoms with E-state index in [1.807, 2.05) is 43.9 Å². The molecule has 35 heavy (non-hydrogen) atoms. The molecule has 0 bridgehead atoms. The molecule has 2 aromatic carbocycles. The Morgan fingerprint density at radius 1 is 1.20 bits per heavy atom. The molecule has 1 N–H and O–H groups in total. The molecule has 0 unspecified atom stereocenters. The van der Waals surface area contributed by atoms with Crippen molar-refractivity contribution in [2.45, 2.75) is 64.7 Å². The molecule has 0 aliphatic carbocycles. The van der Waals surface area contributed by atoms with Crippen LogP contribution in [-0.2, 0) is 20.7 Å². The quantitative estimate of drug-likeness (QED) is 0.605. The second kappa shape index (κ2) is 11.2. The van der Waals surface area contributed by atoms with Crippen molar-refractivity contribution in [2.24, 2.45) is 5.92 Å². The zero-order chi connectivity index (χ0) is 24.9. The molecule has 6 nitrogen and oxygen atoms in total. The van der Waals surface area contributed by atoms with Gasteiger partial charge in [-0.2, -0.15) is 0 Å². The molecule has 0 radical (unpaired) electrons. The van der Waals surface area contributed by atoms with Crippen molar-refractivity contribution < 1.29 is 23.5 Å². The molecular weight excluding hydrogens is 447 g/mol. The van der Waals surface area contributed by atoms with Crippen molar-refractivity contribution in [2.75, 3.05) is 19.7 Å². The number of ether oxygens (including phenoxy) is 2. The lowest BCUT2D eigenvalue weighted by Crippen LogP contribution is -2.43. The van der Waals surface area contributed by atoms with Gasteiger partial charge in [0.05, 0.1) is 12.1 Å². The maximum atomic E-state index is 13.7. The number of nitrogens with zero attached hydrogens (tertiary/aromatic N) is 1. The van der Waals surface area contributed by atoms with Gasteiger partial charge in [0.2, 0.25) is 5.91 Å². The largest absolute Gasteiger partial charge is 0.481 e. The summed E-state index contributed by atoms with van der Waals surface area (Å²) in [6.07, 6.45) is 2.67. The van der Waals surface area contributed by atoms with Gasteiger partial charge in [0, 0.05) is 25.6 Å². The summed E-state index contributed by atoms with van der Waals surface area (Å²) in [5.74, 6) is -0.00293. The number of rotatable bonds is 8. The summed E-state index contributed by atoms with van der Waals surface area (Å²) in [5.41, 5.74) is 2.92. The van der Waals surface area contributed by atoms with Gasteiger partial charge in [0.15, 0.2) is 6.10 Å². The number of carbonyl (C=O) groups excluding carboxylic acids is 2. The lowest BCUT2D eigenvalue weighted by Gasteiger charge is -2.39.